The highest BCUT2D eigenvalue weighted by Gasteiger charge is 2.25. The Labute approximate surface area is 159 Å². The van der Waals surface area contributed by atoms with Crippen LogP contribution in [0.4, 0.5) is 0 Å². The molecular formula is C19H24N2O5S. The van der Waals surface area contributed by atoms with E-state index in [9.17, 15) is 13.2 Å². The zero-order valence-corrected chi connectivity index (χ0v) is 16.3. The number of hydroxylamine groups is 1. The summed E-state index contributed by atoms with van der Waals surface area (Å²) in [5, 5.41) is 0. The minimum Gasteiger partial charge on any atom is -0.457 e. The summed E-state index contributed by atoms with van der Waals surface area (Å²) in [4.78, 5) is 17.1. The first kappa shape index (κ1) is 20.9. The van der Waals surface area contributed by atoms with Gasteiger partial charge in [0.05, 0.1) is 16.2 Å². The molecule has 1 amide bonds. The third-order valence-corrected chi connectivity index (χ3v) is 5.14. The molecule has 27 heavy (non-hydrogen) atoms. The number of hydrogen-bond donors (Lipinski definition) is 2. The van der Waals surface area contributed by atoms with Crippen LogP contribution in [0.2, 0.25) is 0 Å². The molecule has 0 fully saturated rings. The number of rotatable bonds is 7. The molecule has 7 nitrogen and oxygen atoms in total. The van der Waals surface area contributed by atoms with E-state index < -0.39 is 33.1 Å². The molecule has 0 spiro atoms. The molecule has 0 aromatic heterocycles. The summed E-state index contributed by atoms with van der Waals surface area (Å²) in [6.45, 7) is 5.23. The monoisotopic (exact) mass is 392 g/mol. The van der Waals surface area contributed by atoms with Crippen molar-refractivity contribution in [2.45, 2.75) is 37.3 Å². The number of nitrogens with two attached hydrogens (primary N) is 1. The van der Waals surface area contributed by atoms with Crippen molar-refractivity contribution in [1.29, 1.82) is 0 Å². The van der Waals surface area contributed by atoms with Crippen molar-refractivity contribution < 1.29 is 22.8 Å². The van der Waals surface area contributed by atoms with Gasteiger partial charge in [-0.1, -0.05) is 18.2 Å². The second-order valence-corrected chi connectivity index (χ2v) is 8.99. The fourth-order valence-corrected chi connectivity index (χ4v) is 3.39. The molecule has 1 unspecified atom stereocenters. The molecule has 2 aromatic rings. The number of ether oxygens (including phenoxy) is 1. The van der Waals surface area contributed by atoms with Gasteiger partial charge in [-0.2, -0.15) is 0 Å². The predicted molar refractivity (Wildman–Crippen MR) is 102 cm³/mol. The number of hydrogen-bond acceptors (Lipinski definition) is 6. The van der Waals surface area contributed by atoms with E-state index >= 15 is 0 Å². The van der Waals surface area contributed by atoms with Gasteiger partial charge in [-0.3, -0.25) is 9.63 Å². The van der Waals surface area contributed by atoms with Gasteiger partial charge in [0.15, 0.2) is 9.84 Å². The van der Waals surface area contributed by atoms with Crippen molar-refractivity contribution in [3.05, 3.63) is 54.6 Å². The van der Waals surface area contributed by atoms with E-state index in [1.54, 1.807) is 45.0 Å². The highest BCUT2D eigenvalue weighted by molar-refractivity contribution is 7.91. The Morgan fingerprint density at radius 1 is 1.04 bits per heavy atom. The Kier molecular flexibility index (Phi) is 6.59. The maximum atomic E-state index is 12.5. The third-order valence-electron chi connectivity index (χ3n) is 3.36. The fourth-order valence-electron chi connectivity index (χ4n) is 2.03. The number of amides is 1. The normalized spacial score (nSPS) is 13.0. The Morgan fingerprint density at radius 2 is 1.59 bits per heavy atom. The summed E-state index contributed by atoms with van der Waals surface area (Å²) in [6, 6.07) is 13.8. The second-order valence-electron chi connectivity index (χ2n) is 6.96. The first-order valence-corrected chi connectivity index (χ1v) is 10.0. The molecule has 2 aromatic carbocycles. The number of carbonyl (C=O) groups is 1. The van der Waals surface area contributed by atoms with Gasteiger partial charge in [-0.15, -0.1) is 0 Å². The number of nitrogens with one attached hydrogen (secondary N) is 1. The molecule has 0 aliphatic rings. The minimum atomic E-state index is -3.74. The number of sulfone groups is 1. The Hall–Kier alpha value is -2.42. The van der Waals surface area contributed by atoms with Crippen LogP contribution in [0.1, 0.15) is 20.8 Å². The molecule has 0 saturated carbocycles. The lowest BCUT2D eigenvalue weighted by molar-refractivity contribution is -0.146. The molecule has 0 aliphatic heterocycles. The van der Waals surface area contributed by atoms with Crippen molar-refractivity contribution in [2.24, 2.45) is 5.73 Å². The van der Waals surface area contributed by atoms with Crippen LogP contribution in [-0.2, 0) is 19.5 Å². The van der Waals surface area contributed by atoms with E-state index in [4.69, 9.17) is 15.3 Å². The van der Waals surface area contributed by atoms with Crippen LogP contribution in [0.5, 0.6) is 11.5 Å². The molecule has 0 heterocycles. The molecule has 1 atom stereocenters. The van der Waals surface area contributed by atoms with Gasteiger partial charge in [-0.05, 0) is 57.2 Å². The van der Waals surface area contributed by atoms with E-state index in [1.807, 2.05) is 18.2 Å². The van der Waals surface area contributed by atoms with E-state index in [1.165, 1.54) is 12.1 Å². The molecule has 3 N–H and O–H groups in total. The highest BCUT2D eigenvalue weighted by Crippen LogP contribution is 2.23. The largest absolute Gasteiger partial charge is 0.457 e. The van der Waals surface area contributed by atoms with E-state index in [0.29, 0.717) is 11.5 Å². The molecule has 0 radical (unpaired) electrons. The summed E-state index contributed by atoms with van der Waals surface area (Å²) < 4.78 is 30.6. The van der Waals surface area contributed by atoms with Crippen LogP contribution in [0.15, 0.2) is 59.5 Å². The van der Waals surface area contributed by atoms with E-state index in [-0.39, 0.29) is 4.90 Å². The third kappa shape index (κ3) is 6.67. The first-order valence-electron chi connectivity index (χ1n) is 8.36. The highest BCUT2D eigenvalue weighted by atomic mass is 32.2. The van der Waals surface area contributed by atoms with Crippen LogP contribution in [0, 0.1) is 0 Å². The van der Waals surface area contributed by atoms with Crippen molar-refractivity contribution in [2.75, 3.05) is 5.75 Å². The van der Waals surface area contributed by atoms with Crippen molar-refractivity contribution in [1.82, 2.24) is 5.48 Å². The summed E-state index contributed by atoms with van der Waals surface area (Å²) >= 11 is 0. The minimum absolute atomic E-state index is 0.0582. The lowest BCUT2D eigenvalue weighted by atomic mass is 10.2. The molecule has 2 rings (SSSR count). The number of benzene rings is 2. The van der Waals surface area contributed by atoms with Crippen molar-refractivity contribution in [3.63, 3.8) is 0 Å². The number of para-hydroxylation sites is 1. The van der Waals surface area contributed by atoms with Crippen LogP contribution < -0.4 is 16.0 Å². The SMILES string of the molecule is CC(C)(C)ONC(=O)C(N)CS(=O)(=O)c1ccc(Oc2ccccc2)cc1. The van der Waals surface area contributed by atoms with Crippen LogP contribution in [0.3, 0.4) is 0 Å². The maximum Gasteiger partial charge on any atom is 0.261 e. The molecule has 8 heteroatoms. The van der Waals surface area contributed by atoms with Gasteiger partial charge in [-0.25, -0.2) is 13.9 Å². The van der Waals surface area contributed by atoms with Crippen LogP contribution in [0.25, 0.3) is 0 Å². The van der Waals surface area contributed by atoms with Crippen molar-refractivity contribution >= 4 is 15.7 Å². The predicted octanol–water partition coefficient (Wildman–Crippen LogP) is 2.43. The average molecular weight is 392 g/mol. The molecular weight excluding hydrogens is 368 g/mol. The number of carbonyl (C=O) groups excluding carboxylic acids is 1. The zero-order chi connectivity index (χ0) is 20.1. The van der Waals surface area contributed by atoms with E-state index in [0.717, 1.165) is 0 Å². The van der Waals surface area contributed by atoms with E-state index in [2.05, 4.69) is 5.48 Å². The Balaban J connectivity index is 2.00. The van der Waals surface area contributed by atoms with Crippen LogP contribution >= 0.6 is 0 Å². The molecule has 0 saturated heterocycles. The summed E-state index contributed by atoms with van der Waals surface area (Å²) in [5.41, 5.74) is 7.28. The zero-order valence-electron chi connectivity index (χ0n) is 15.5. The van der Waals surface area contributed by atoms with Crippen LogP contribution in [-0.4, -0.2) is 31.7 Å². The molecule has 146 valence electrons. The van der Waals surface area contributed by atoms with Crippen molar-refractivity contribution in [3.8, 4) is 11.5 Å². The maximum absolute atomic E-state index is 12.5. The fraction of sp³-hybridized carbons (Fsp3) is 0.316. The smallest absolute Gasteiger partial charge is 0.261 e. The van der Waals surface area contributed by atoms with Gasteiger partial charge in [0.1, 0.15) is 17.5 Å². The lowest BCUT2D eigenvalue weighted by Gasteiger charge is -2.20. The second kappa shape index (κ2) is 8.51. The molecule has 0 bridgehead atoms. The van der Waals surface area contributed by atoms with Gasteiger partial charge < -0.3 is 10.5 Å². The lowest BCUT2D eigenvalue weighted by Crippen LogP contribution is -2.47. The quantitative estimate of drug-likeness (QED) is 0.701. The summed E-state index contributed by atoms with van der Waals surface area (Å²) in [6.07, 6.45) is 0. The molecule has 0 aliphatic carbocycles. The average Bonchev–Trinajstić information content (AvgIpc) is 2.60. The van der Waals surface area contributed by atoms with Gasteiger partial charge >= 0.3 is 0 Å². The summed E-state index contributed by atoms with van der Waals surface area (Å²) in [5.74, 6) is -0.0884. The van der Waals surface area contributed by atoms with Gasteiger partial charge in [0.25, 0.3) is 5.91 Å². The van der Waals surface area contributed by atoms with Gasteiger partial charge in [0.2, 0.25) is 0 Å². The Bertz CT molecular complexity index is 859. The first-order chi connectivity index (χ1) is 12.6. The Morgan fingerprint density at radius 3 is 2.15 bits per heavy atom. The topological polar surface area (TPSA) is 108 Å². The standard InChI is InChI=1S/C19H24N2O5S/c1-19(2,3)26-21-18(22)17(20)13-27(23,24)16-11-9-15(10-12-16)25-14-7-5-4-6-8-14/h4-12,17H,13,20H2,1-3H3,(H,21,22). The summed E-state index contributed by atoms with van der Waals surface area (Å²) in [7, 11) is -3.74. The van der Waals surface area contributed by atoms with Gasteiger partial charge in [0, 0.05) is 0 Å².